The molecule has 0 spiro atoms. The van der Waals surface area contributed by atoms with Gasteiger partial charge in [0.25, 0.3) is 5.56 Å². The summed E-state index contributed by atoms with van der Waals surface area (Å²) in [7, 11) is 0. The molecular formula is C15H10Cl2N2O. The highest BCUT2D eigenvalue weighted by atomic mass is 35.5. The Morgan fingerprint density at radius 1 is 0.900 bits per heavy atom. The van der Waals surface area contributed by atoms with E-state index in [2.05, 4.69) is 5.10 Å². The van der Waals surface area contributed by atoms with Crippen LogP contribution in [-0.2, 0) is 0 Å². The molecule has 2 aromatic carbocycles. The molecule has 0 unspecified atom stereocenters. The van der Waals surface area contributed by atoms with Crippen molar-refractivity contribution in [1.29, 1.82) is 0 Å². The number of rotatable bonds is 2. The first-order valence-corrected chi connectivity index (χ1v) is 6.73. The molecule has 3 rings (SSSR count). The van der Waals surface area contributed by atoms with Crippen LogP contribution in [0.3, 0.4) is 0 Å². The molecule has 0 aliphatic carbocycles. The van der Waals surface area contributed by atoms with Gasteiger partial charge in [-0.2, -0.15) is 0 Å². The average Bonchev–Trinajstić information content (AvgIpc) is 2.81. The number of H-pyrrole nitrogens is 1. The van der Waals surface area contributed by atoms with Gasteiger partial charge in [-0.15, -0.1) is 0 Å². The summed E-state index contributed by atoms with van der Waals surface area (Å²) < 4.78 is 1.42. The number of nitrogens with one attached hydrogen (secondary N) is 1. The van der Waals surface area contributed by atoms with E-state index in [0.29, 0.717) is 15.7 Å². The number of benzene rings is 2. The van der Waals surface area contributed by atoms with Crippen LogP contribution in [0.2, 0.25) is 10.0 Å². The minimum atomic E-state index is -0.165. The van der Waals surface area contributed by atoms with Crippen molar-refractivity contribution >= 4 is 23.2 Å². The third kappa shape index (κ3) is 2.50. The first-order chi connectivity index (χ1) is 9.63. The summed E-state index contributed by atoms with van der Waals surface area (Å²) in [5.41, 5.74) is 2.13. The first kappa shape index (κ1) is 13.0. The molecule has 0 radical (unpaired) electrons. The van der Waals surface area contributed by atoms with Crippen LogP contribution in [0.15, 0.2) is 59.4 Å². The van der Waals surface area contributed by atoms with Crippen molar-refractivity contribution in [2.24, 2.45) is 0 Å². The Labute approximate surface area is 125 Å². The lowest BCUT2D eigenvalue weighted by atomic mass is 10.2. The highest BCUT2D eigenvalue weighted by Gasteiger charge is 2.08. The van der Waals surface area contributed by atoms with E-state index in [1.54, 1.807) is 24.3 Å². The zero-order chi connectivity index (χ0) is 14.1. The van der Waals surface area contributed by atoms with Gasteiger partial charge in [0.15, 0.2) is 0 Å². The van der Waals surface area contributed by atoms with Gasteiger partial charge in [-0.05, 0) is 23.8 Å². The molecule has 0 saturated heterocycles. The number of hydrogen-bond acceptors (Lipinski definition) is 1. The second-order valence-corrected chi connectivity index (χ2v) is 5.21. The van der Waals surface area contributed by atoms with Crippen LogP contribution in [-0.4, -0.2) is 9.78 Å². The van der Waals surface area contributed by atoms with Crippen LogP contribution < -0.4 is 5.56 Å². The first-order valence-electron chi connectivity index (χ1n) is 5.97. The molecule has 0 fully saturated rings. The van der Waals surface area contributed by atoms with Gasteiger partial charge in [0.1, 0.15) is 0 Å². The van der Waals surface area contributed by atoms with E-state index >= 15 is 0 Å². The Kier molecular flexibility index (Phi) is 3.38. The Hall–Kier alpha value is -1.97. The van der Waals surface area contributed by atoms with Gasteiger partial charge in [0.05, 0.1) is 11.4 Å². The Morgan fingerprint density at radius 2 is 1.55 bits per heavy atom. The Balaban J connectivity index is 2.12. The van der Waals surface area contributed by atoms with Crippen LogP contribution in [0.25, 0.3) is 16.9 Å². The maximum atomic E-state index is 12.1. The van der Waals surface area contributed by atoms with Gasteiger partial charge >= 0.3 is 0 Å². The molecule has 0 aliphatic heterocycles. The Morgan fingerprint density at radius 3 is 2.20 bits per heavy atom. The lowest BCUT2D eigenvalue weighted by Gasteiger charge is -2.04. The number of hydrogen-bond donors (Lipinski definition) is 1. The third-order valence-corrected chi connectivity index (χ3v) is 3.35. The zero-order valence-electron chi connectivity index (χ0n) is 10.3. The molecule has 100 valence electrons. The van der Waals surface area contributed by atoms with Gasteiger partial charge in [-0.3, -0.25) is 9.89 Å². The lowest BCUT2D eigenvalue weighted by molar-refractivity contribution is 0.853. The summed E-state index contributed by atoms with van der Waals surface area (Å²) in [5, 5.41) is 4.02. The van der Waals surface area contributed by atoms with E-state index in [-0.39, 0.29) is 5.56 Å². The van der Waals surface area contributed by atoms with E-state index in [1.165, 1.54) is 4.68 Å². The summed E-state index contributed by atoms with van der Waals surface area (Å²) in [5.74, 6) is 0. The molecule has 0 bridgehead atoms. The molecule has 3 nitrogen and oxygen atoms in total. The molecule has 0 saturated carbocycles. The molecule has 0 amide bonds. The van der Waals surface area contributed by atoms with Gasteiger partial charge in [-0.25, -0.2) is 4.68 Å². The van der Waals surface area contributed by atoms with Crippen molar-refractivity contribution in [3.05, 3.63) is 75.0 Å². The summed E-state index contributed by atoms with van der Waals surface area (Å²) in [6.45, 7) is 0. The highest BCUT2D eigenvalue weighted by Crippen LogP contribution is 2.22. The minimum Gasteiger partial charge on any atom is -0.290 e. The van der Waals surface area contributed by atoms with Crippen LogP contribution in [0.1, 0.15) is 0 Å². The van der Waals surface area contributed by atoms with E-state index in [0.717, 1.165) is 11.3 Å². The molecule has 3 aromatic rings. The fourth-order valence-corrected chi connectivity index (χ4v) is 2.54. The molecule has 0 aliphatic rings. The van der Waals surface area contributed by atoms with Crippen molar-refractivity contribution < 1.29 is 0 Å². The summed E-state index contributed by atoms with van der Waals surface area (Å²) >= 11 is 11.9. The largest absolute Gasteiger partial charge is 0.290 e. The SMILES string of the molecule is O=c1cc(-c2ccccc2)[nH]n1-c1cc(Cl)cc(Cl)c1. The summed E-state index contributed by atoms with van der Waals surface area (Å²) in [6, 6.07) is 16.2. The topological polar surface area (TPSA) is 37.8 Å². The minimum absolute atomic E-state index is 0.165. The quantitative estimate of drug-likeness (QED) is 0.759. The summed E-state index contributed by atoms with van der Waals surface area (Å²) in [6.07, 6.45) is 0. The molecule has 5 heteroatoms. The van der Waals surface area contributed by atoms with Gasteiger partial charge in [0, 0.05) is 16.1 Å². The van der Waals surface area contributed by atoms with Crippen LogP contribution in [0.5, 0.6) is 0 Å². The lowest BCUT2D eigenvalue weighted by Crippen LogP contribution is -2.13. The van der Waals surface area contributed by atoms with Crippen molar-refractivity contribution in [2.45, 2.75) is 0 Å². The standard InChI is InChI=1S/C15H10Cl2N2O/c16-11-6-12(17)8-13(7-11)19-15(20)9-14(18-19)10-4-2-1-3-5-10/h1-9,18H. The molecule has 0 atom stereocenters. The zero-order valence-corrected chi connectivity index (χ0v) is 11.8. The molecule has 1 heterocycles. The van der Waals surface area contributed by atoms with Gasteiger partial charge < -0.3 is 0 Å². The monoisotopic (exact) mass is 304 g/mol. The van der Waals surface area contributed by atoms with E-state index < -0.39 is 0 Å². The van der Waals surface area contributed by atoms with E-state index in [1.807, 2.05) is 30.3 Å². The van der Waals surface area contributed by atoms with Crippen molar-refractivity contribution in [2.75, 3.05) is 0 Å². The van der Waals surface area contributed by atoms with Crippen molar-refractivity contribution in [3.63, 3.8) is 0 Å². The molecule has 1 aromatic heterocycles. The van der Waals surface area contributed by atoms with Gasteiger partial charge in [-0.1, -0.05) is 53.5 Å². The number of aromatic amines is 1. The number of aromatic nitrogens is 2. The van der Waals surface area contributed by atoms with Crippen LogP contribution >= 0.6 is 23.2 Å². The number of nitrogens with zero attached hydrogens (tertiary/aromatic N) is 1. The normalized spacial score (nSPS) is 10.7. The second-order valence-electron chi connectivity index (χ2n) is 4.34. The van der Waals surface area contributed by atoms with Gasteiger partial charge in [0.2, 0.25) is 0 Å². The average molecular weight is 305 g/mol. The second kappa shape index (κ2) is 5.19. The van der Waals surface area contributed by atoms with Crippen molar-refractivity contribution in [1.82, 2.24) is 9.78 Å². The fourth-order valence-electron chi connectivity index (χ4n) is 2.02. The summed E-state index contributed by atoms with van der Waals surface area (Å²) in [4.78, 5) is 12.1. The maximum absolute atomic E-state index is 12.1. The highest BCUT2D eigenvalue weighted by molar-refractivity contribution is 6.34. The van der Waals surface area contributed by atoms with Crippen LogP contribution in [0, 0.1) is 0 Å². The van der Waals surface area contributed by atoms with E-state index in [4.69, 9.17) is 23.2 Å². The van der Waals surface area contributed by atoms with Crippen LogP contribution in [0.4, 0.5) is 0 Å². The number of halogens is 2. The predicted octanol–water partition coefficient (Wildman–Crippen LogP) is 4.14. The third-order valence-electron chi connectivity index (χ3n) is 2.91. The Bertz CT molecular complexity index is 786. The maximum Gasteiger partial charge on any atom is 0.271 e. The smallest absolute Gasteiger partial charge is 0.271 e. The molecule has 20 heavy (non-hydrogen) atoms. The fraction of sp³-hybridized carbons (Fsp3) is 0. The van der Waals surface area contributed by atoms with E-state index in [9.17, 15) is 4.79 Å². The predicted molar refractivity (Wildman–Crippen MR) is 81.8 cm³/mol. The molecule has 1 N–H and O–H groups in total. The molecular weight excluding hydrogens is 295 g/mol. The van der Waals surface area contributed by atoms with Crippen molar-refractivity contribution in [3.8, 4) is 16.9 Å².